The summed E-state index contributed by atoms with van der Waals surface area (Å²) in [6.45, 7) is 3.79. The van der Waals surface area contributed by atoms with E-state index in [4.69, 9.17) is 5.26 Å². The van der Waals surface area contributed by atoms with Gasteiger partial charge in [-0.3, -0.25) is 0 Å². The first-order valence-electron chi connectivity index (χ1n) is 4.27. The molecular formula is C9H12O5S. The molecule has 3 N–H and O–H groups in total. The Kier molecular flexibility index (Phi) is 4.22. The third kappa shape index (κ3) is 3.00. The number of aromatic hydroxyl groups is 2. The maximum Gasteiger partial charge on any atom is 0.132 e. The van der Waals surface area contributed by atoms with Gasteiger partial charge in [0.05, 0.1) is 16.9 Å². The lowest BCUT2D eigenvalue weighted by Crippen LogP contribution is -1.89. The molecule has 0 fully saturated rings. The van der Waals surface area contributed by atoms with Crippen molar-refractivity contribution in [2.75, 3.05) is 0 Å². The maximum absolute atomic E-state index is 9.60. The SMILES string of the molecule is CC(C)c1cc(O)c(SOOO)cc1O. The van der Waals surface area contributed by atoms with Crippen molar-refractivity contribution in [1.82, 2.24) is 0 Å². The smallest absolute Gasteiger partial charge is 0.132 e. The number of hydrogen-bond donors (Lipinski definition) is 3. The van der Waals surface area contributed by atoms with Crippen LogP contribution in [0.4, 0.5) is 0 Å². The number of phenols is 2. The summed E-state index contributed by atoms with van der Waals surface area (Å²) < 4.78 is 4.16. The Bertz CT molecular complexity index is 340. The van der Waals surface area contributed by atoms with Crippen molar-refractivity contribution in [2.45, 2.75) is 24.7 Å². The predicted molar refractivity (Wildman–Crippen MR) is 54.5 cm³/mol. The number of rotatable bonds is 4. The van der Waals surface area contributed by atoms with Crippen LogP contribution in [0, 0.1) is 0 Å². The lowest BCUT2D eigenvalue weighted by Gasteiger charge is -2.10. The first-order chi connectivity index (χ1) is 7.06. The summed E-state index contributed by atoms with van der Waals surface area (Å²) in [5, 5.41) is 30.5. The van der Waals surface area contributed by atoms with E-state index in [1.54, 1.807) is 0 Å². The van der Waals surface area contributed by atoms with Gasteiger partial charge in [0.15, 0.2) is 0 Å². The van der Waals surface area contributed by atoms with E-state index in [1.807, 2.05) is 13.8 Å². The van der Waals surface area contributed by atoms with Crippen LogP contribution in [0.5, 0.6) is 11.5 Å². The van der Waals surface area contributed by atoms with Gasteiger partial charge in [-0.25, -0.2) is 5.26 Å². The minimum Gasteiger partial charge on any atom is -0.508 e. The van der Waals surface area contributed by atoms with Crippen LogP contribution in [0.25, 0.3) is 0 Å². The molecule has 0 bridgehead atoms. The first kappa shape index (κ1) is 12.1. The molecule has 0 aliphatic carbocycles. The van der Waals surface area contributed by atoms with Crippen LogP contribution in [0.15, 0.2) is 17.0 Å². The zero-order valence-corrected chi connectivity index (χ0v) is 9.11. The van der Waals surface area contributed by atoms with Crippen LogP contribution in [0.1, 0.15) is 25.3 Å². The molecule has 1 aromatic carbocycles. The van der Waals surface area contributed by atoms with E-state index in [-0.39, 0.29) is 22.3 Å². The molecule has 6 heteroatoms. The molecule has 0 heterocycles. The molecule has 0 saturated heterocycles. The molecule has 0 aliphatic rings. The Balaban J connectivity index is 2.97. The highest BCUT2D eigenvalue weighted by molar-refractivity contribution is 7.94. The molecule has 1 rings (SSSR count). The van der Waals surface area contributed by atoms with E-state index in [1.165, 1.54) is 12.1 Å². The minimum atomic E-state index is -0.0430. The molecule has 15 heavy (non-hydrogen) atoms. The topological polar surface area (TPSA) is 79.2 Å². The monoisotopic (exact) mass is 232 g/mol. The summed E-state index contributed by atoms with van der Waals surface area (Å²) in [6, 6.07) is 2.79. The average molecular weight is 232 g/mol. The normalized spacial score (nSPS) is 10.9. The second-order valence-electron chi connectivity index (χ2n) is 3.26. The van der Waals surface area contributed by atoms with Crippen molar-refractivity contribution >= 4 is 12.0 Å². The van der Waals surface area contributed by atoms with Gasteiger partial charge in [-0.15, -0.1) is 4.33 Å². The van der Waals surface area contributed by atoms with Crippen molar-refractivity contribution in [1.29, 1.82) is 0 Å². The highest BCUT2D eigenvalue weighted by Gasteiger charge is 2.12. The Morgan fingerprint density at radius 2 is 1.87 bits per heavy atom. The fraction of sp³-hybridized carbons (Fsp3) is 0.333. The van der Waals surface area contributed by atoms with Crippen LogP contribution < -0.4 is 0 Å². The van der Waals surface area contributed by atoms with Gasteiger partial charge >= 0.3 is 0 Å². The van der Waals surface area contributed by atoms with Crippen LogP contribution >= 0.6 is 12.0 Å². The Morgan fingerprint density at radius 1 is 1.20 bits per heavy atom. The molecule has 5 nitrogen and oxygen atoms in total. The van der Waals surface area contributed by atoms with E-state index in [2.05, 4.69) is 9.37 Å². The van der Waals surface area contributed by atoms with Crippen LogP contribution in [0.3, 0.4) is 0 Å². The lowest BCUT2D eigenvalue weighted by molar-refractivity contribution is -0.432. The van der Waals surface area contributed by atoms with Crippen molar-refractivity contribution < 1.29 is 24.8 Å². The molecule has 84 valence electrons. The van der Waals surface area contributed by atoms with E-state index >= 15 is 0 Å². The second-order valence-corrected chi connectivity index (χ2v) is 4.00. The third-order valence-corrected chi connectivity index (χ3v) is 2.52. The summed E-state index contributed by atoms with van der Waals surface area (Å²) >= 11 is 0.599. The predicted octanol–water partition coefficient (Wildman–Crippen LogP) is 2.65. The van der Waals surface area contributed by atoms with E-state index in [9.17, 15) is 10.2 Å². The molecule has 0 radical (unpaired) electrons. The van der Waals surface area contributed by atoms with Crippen molar-refractivity contribution in [3.8, 4) is 11.5 Å². The van der Waals surface area contributed by atoms with Gasteiger partial charge in [-0.1, -0.05) is 18.9 Å². The molecule has 0 unspecified atom stereocenters. The Morgan fingerprint density at radius 3 is 2.40 bits per heavy atom. The molecule has 0 aliphatic heterocycles. The largest absolute Gasteiger partial charge is 0.508 e. The summed E-state index contributed by atoms with van der Waals surface area (Å²) in [7, 11) is 0. The Labute approximate surface area is 91.3 Å². The quantitative estimate of drug-likeness (QED) is 0.320. The number of benzene rings is 1. The summed E-state index contributed by atoms with van der Waals surface area (Å²) in [6.07, 6.45) is 0. The van der Waals surface area contributed by atoms with E-state index in [0.29, 0.717) is 17.6 Å². The highest BCUT2D eigenvalue weighted by atomic mass is 32.2. The minimum absolute atomic E-state index is 0.0430. The zero-order valence-electron chi connectivity index (χ0n) is 8.30. The van der Waals surface area contributed by atoms with Crippen LogP contribution in [0.2, 0.25) is 0 Å². The van der Waals surface area contributed by atoms with Crippen molar-refractivity contribution in [2.24, 2.45) is 0 Å². The van der Waals surface area contributed by atoms with Crippen LogP contribution in [-0.2, 0) is 9.37 Å². The number of phenolic OH excluding ortho intramolecular Hbond substituents is 2. The standard InChI is InChI=1S/C9H12O5S/c1-5(2)6-3-8(11)9(4-7(6)10)15-14-13-12/h3-5,10-12H,1-2H3. The maximum atomic E-state index is 9.60. The molecule has 0 atom stereocenters. The molecule has 0 spiro atoms. The fourth-order valence-electron chi connectivity index (χ4n) is 1.15. The van der Waals surface area contributed by atoms with Crippen molar-refractivity contribution in [3.63, 3.8) is 0 Å². The van der Waals surface area contributed by atoms with Gasteiger partial charge in [0, 0.05) is 5.56 Å². The molecular weight excluding hydrogens is 220 g/mol. The van der Waals surface area contributed by atoms with E-state index < -0.39 is 0 Å². The second kappa shape index (κ2) is 5.22. The van der Waals surface area contributed by atoms with Crippen molar-refractivity contribution in [3.05, 3.63) is 17.7 Å². The van der Waals surface area contributed by atoms with Gasteiger partial charge < -0.3 is 10.2 Å². The van der Waals surface area contributed by atoms with Gasteiger partial charge in [0.2, 0.25) is 0 Å². The molecule has 1 aromatic rings. The summed E-state index contributed by atoms with van der Waals surface area (Å²) in [5.41, 5.74) is 0.641. The third-order valence-electron chi connectivity index (χ3n) is 1.88. The highest BCUT2D eigenvalue weighted by Crippen LogP contribution is 2.37. The first-order valence-corrected chi connectivity index (χ1v) is 5.01. The van der Waals surface area contributed by atoms with Gasteiger partial charge in [-0.2, -0.15) is 0 Å². The molecule has 0 amide bonds. The fourth-order valence-corrected chi connectivity index (χ4v) is 1.56. The molecule has 0 saturated carbocycles. The van der Waals surface area contributed by atoms with Gasteiger partial charge in [0.25, 0.3) is 0 Å². The molecule has 0 aromatic heterocycles. The number of hydrogen-bond acceptors (Lipinski definition) is 6. The van der Waals surface area contributed by atoms with E-state index in [0.717, 1.165) is 0 Å². The summed E-state index contributed by atoms with van der Waals surface area (Å²) in [4.78, 5) is 0.256. The summed E-state index contributed by atoms with van der Waals surface area (Å²) in [5.74, 6) is 0.121. The van der Waals surface area contributed by atoms with Gasteiger partial charge in [-0.05, 0) is 18.1 Å². The van der Waals surface area contributed by atoms with Gasteiger partial charge in [0.1, 0.15) is 11.5 Å². The zero-order chi connectivity index (χ0) is 11.4. The average Bonchev–Trinajstić information content (AvgIpc) is 2.18. The van der Waals surface area contributed by atoms with Crippen LogP contribution in [-0.4, -0.2) is 15.5 Å². The lowest BCUT2D eigenvalue weighted by atomic mass is 10.0. The Hall–Kier alpha value is -0.950.